The molecule has 7 nitrogen and oxygen atoms in total. The maximum absolute atomic E-state index is 11.6. The molecular weight excluding hydrogens is 212 g/mol. The van der Waals surface area contributed by atoms with Gasteiger partial charge in [-0.1, -0.05) is 0 Å². The van der Waals surface area contributed by atoms with Gasteiger partial charge in [0.2, 0.25) is 0 Å². The Hall–Kier alpha value is -2.02. The number of amides is 1. The molecule has 1 rings (SSSR count). The minimum absolute atomic E-state index is 0.197. The van der Waals surface area contributed by atoms with Crippen molar-refractivity contribution < 1.29 is 9.72 Å². The van der Waals surface area contributed by atoms with Crippen molar-refractivity contribution in [1.29, 1.82) is 0 Å². The third-order valence-corrected chi connectivity index (χ3v) is 1.96. The molecule has 1 heterocycles. The number of aromatic nitrogens is 1. The predicted octanol–water partition coefficient (Wildman–Crippen LogP) is -0.0133. The average molecular weight is 224 g/mol. The molecule has 0 aromatic carbocycles. The first-order valence-electron chi connectivity index (χ1n) is 4.65. The predicted molar refractivity (Wildman–Crippen MR) is 57.0 cm³/mol. The van der Waals surface area contributed by atoms with Crippen molar-refractivity contribution in [3.63, 3.8) is 0 Å². The minimum Gasteiger partial charge on any atom is -0.351 e. The van der Waals surface area contributed by atoms with Crippen LogP contribution in [0.25, 0.3) is 0 Å². The zero-order valence-electron chi connectivity index (χ0n) is 8.77. The van der Waals surface area contributed by atoms with Gasteiger partial charge in [-0.3, -0.25) is 19.9 Å². The highest BCUT2D eigenvalue weighted by Crippen LogP contribution is 2.14. The fraction of sp³-hybridized carbons (Fsp3) is 0.333. The van der Waals surface area contributed by atoms with Gasteiger partial charge in [-0.25, -0.2) is 0 Å². The van der Waals surface area contributed by atoms with Gasteiger partial charge in [0.25, 0.3) is 11.6 Å². The van der Waals surface area contributed by atoms with Crippen LogP contribution in [0.15, 0.2) is 12.3 Å². The van der Waals surface area contributed by atoms with Gasteiger partial charge in [-0.15, -0.1) is 0 Å². The Bertz CT molecular complexity index is 419. The number of carbonyl (C=O) groups excluding carboxylic acids is 1. The van der Waals surface area contributed by atoms with Crippen LogP contribution in [0.3, 0.4) is 0 Å². The molecular formula is C9H12N4O3. The third-order valence-electron chi connectivity index (χ3n) is 1.96. The van der Waals surface area contributed by atoms with Crippen LogP contribution in [0.5, 0.6) is 0 Å². The van der Waals surface area contributed by atoms with Crippen LogP contribution in [0.1, 0.15) is 16.1 Å². The van der Waals surface area contributed by atoms with Crippen molar-refractivity contribution in [3.05, 3.63) is 33.6 Å². The van der Waals surface area contributed by atoms with Crippen LogP contribution in [0.2, 0.25) is 0 Å². The van der Waals surface area contributed by atoms with Crippen LogP contribution in [0, 0.1) is 17.0 Å². The summed E-state index contributed by atoms with van der Waals surface area (Å²) in [6.07, 6.45) is 1.12. The summed E-state index contributed by atoms with van der Waals surface area (Å²) in [6.45, 7) is 2.25. The van der Waals surface area contributed by atoms with Gasteiger partial charge < -0.3 is 11.1 Å². The van der Waals surface area contributed by atoms with Crippen molar-refractivity contribution in [1.82, 2.24) is 10.3 Å². The highest BCUT2D eigenvalue weighted by atomic mass is 16.6. The molecule has 1 amide bonds. The fourth-order valence-corrected chi connectivity index (χ4v) is 1.13. The molecule has 0 atom stereocenters. The molecule has 0 aliphatic carbocycles. The van der Waals surface area contributed by atoms with Crippen molar-refractivity contribution in [2.75, 3.05) is 13.1 Å². The largest absolute Gasteiger partial charge is 0.351 e. The topological polar surface area (TPSA) is 111 Å². The fourth-order valence-electron chi connectivity index (χ4n) is 1.13. The lowest BCUT2D eigenvalue weighted by Crippen LogP contribution is -2.29. The lowest BCUT2D eigenvalue weighted by atomic mass is 10.2. The second-order valence-electron chi connectivity index (χ2n) is 3.13. The number of nitrogens with one attached hydrogen (secondary N) is 1. The summed E-state index contributed by atoms with van der Waals surface area (Å²) < 4.78 is 0. The standard InChI is InChI=1S/C9H12N4O3/c1-6-8(9(14)11-3-2-10)4-7(5-12-6)13(15)16/h4-5H,2-3,10H2,1H3,(H,11,14). The first-order valence-corrected chi connectivity index (χ1v) is 4.65. The van der Waals surface area contributed by atoms with Crippen molar-refractivity contribution in [2.45, 2.75) is 6.92 Å². The Balaban J connectivity index is 2.97. The van der Waals surface area contributed by atoms with Gasteiger partial charge in [0.1, 0.15) is 6.20 Å². The van der Waals surface area contributed by atoms with Crippen LogP contribution in [0.4, 0.5) is 5.69 Å². The number of rotatable bonds is 4. The molecule has 0 saturated carbocycles. The van der Waals surface area contributed by atoms with Gasteiger partial charge in [0.15, 0.2) is 0 Å². The van der Waals surface area contributed by atoms with Gasteiger partial charge in [0.05, 0.1) is 16.2 Å². The number of hydrogen-bond donors (Lipinski definition) is 2. The van der Waals surface area contributed by atoms with E-state index in [-0.39, 0.29) is 11.3 Å². The van der Waals surface area contributed by atoms with E-state index < -0.39 is 10.8 Å². The summed E-state index contributed by atoms with van der Waals surface area (Å²) in [7, 11) is 0. The number of aryl methyl sites for hydroxylation is 1. The molecule has 0 spiro atoms. The first kappa shape index (κ1) is 12.1. The Morgan fingerprint density at radius 2 is 2.38 bits per heavy atom. The zero-order chi connectivity index (χ0) is 12.1. The highest BCUT2D eigenvalue weighted by Gasteiger charge is 2.15. The molecule has 0 saturated heterocycles. The summed E-state index contributed by atoms with van der Waals surface area (Å²) in [5, 5.41) is 13.0. The van der Waals surface area contributed by atoms with Crippen molar-refractivity contribution >= 4 is 11.6 Å². The number of nitro groups is 1. The quantitative estimate of drug-likeness (QED) is 0.551. The summed E-state index contributed by atoms with van der Waals surface area (Å²) in [5.74, 6) is -0.404. The minimum atomic E-state index is -0.591. The Kier molecular flexibility index (Phi) is 3.90. The van der Waals surface area contributed by atoms with Gasteiger partial charge >= 0.3 is 0 Å². The van der Waals surface area contributed by atoms with E-state index in [4.69, 9.17) is 5.73 Å². The van der Waals surface area contributed by atoms with E-state index in [1.165, 1.54) is 6.07 Å². The number of nitrogens with two attached hydrogens (primary N) is 1. The molecule has 1 aromatic rings. The van der Waals surface area contributed by atoms with E-state index in [1.807, 2.05) is 0 Å². The zero-order valence-corrected chi connectivity index (χ0v) is 8.77. The maximum atomic E-state index is 11.6. The van der Waals surface area contributed by atoms with E-state index in [1.54, 1.807) is 6.92 Å². The second-order valence-corrected chi connectivity index (χ2v) is 3.13. The van der Waals surface area contributed by atoms with E-state index in [0.717, 1.165) is 6.20 Å². The molecule has 7 heteroatoms. The smallest absolute Gasteiger partial charge is 0.288 e. The average Bonchev–Trinajstić information content (AvgIpc) is 2.26. The summed E-state index contributed by atoms with van der Waals surface area (Å²) in [6, 6.07) is 1.20. The highest BCUT2D eigenvalue weighted by molar-refractivity contribution is 5.95. The number of carbonyl (C=O) groups is 1. The van der Waals surface area contributed by atoms with Gasteiger partial charge in [0, 0.05) is 19.2 Å². The van der Waals surface area contributed by atoms with Gasteiger partial charge in [-0.2, -0.15) is 0 Å². The number of nitrogens with zero attached hydrogens (tertiary/aromatic N) is 2. The van der Waals surface area contributed by atoms with Crippen molar-refractivity contribution in [3.8, 4) is 0 Å². The molecule has 1 aromatic heterocycles. The monoisotopic (exact) mass is 224 g/mol. The molecule has 0 fully saturated rings. The molecule has 0 aliphatic rings. The van der Waals surface area contributed by atoms with E-state index >= 15 is 0 Å². The summed E-state index contributed by atoms with van der Waals surface area (Å²) in [5.41, 5.74) is 5.67. The van der Waals surface area contributed by atoms with Crippen molar-refractivity contribution in [2.24, 2.45) is 5.73 Å². The Morgan fingerprint density at radius 1 is 1.69 bits per heavy atom. The van der Waals surface area contributed by atoms with Crippen LogP contribution >= 0.6 is 0 Å². The van der Waals surface area contributed by atoms with Crippen LogP contribution in [-0.2, 0) is 0 Å². The molecule has 0 aliphatic heterocycles. The van der Waals surface area contributed by atoms with E-state index in [2.05, 4.69) is 10.3 Å². The maximum Gasteiger partial charge on any atom is 0.288 e. The normalized spacial score (nSPS) is 9.88. The molecule has 0 radical (unpaired) electrons. The SMILES string of the molecule is Cc1ncc([N+](=O)[O-])cc1C(=O)NCCN. The van der Waals surface area contributed by atoms with Gasteiger partial charge in [-0.05, 0) is 6.92 Å². The first-order chi connectivity index (χ1) is 7.56. The number of pyridine rings is 1. The van der Waals surface area contributed by atoms with Crippen LogP contribution < -0.4 is 11.1 Å². The third kappa shape index (κ3) is 2.74. The van der Waals surface area contributed by atoms with E-state index in [9.17, 15) is 14.9 Å². The molecule has 0 bridgehead atoms. The summed E-state index contributed by atoms with van der Waals surface area (Å²) in [4.78, 5) is 25.3. The summed E-state index contributed by atoms with van der Waals surface area (Å²) >= 11 is 0. The lowest BCUT2D eigenvalue weighted by molar-refractivity contribution is -0.385. The molecule has 0 unspecified atom stereocenters. The molecule has 3 N–H and O–H groups in total. The van der Waals surface area contributed by atoms with Crippen LogP contribution in [-0.4, -0.2) is 28.9 Å². The second kappa shape index (κ2) is 5.17. The molecule has 16 heavy (non-hydrogen) atoms. The number of hydrogen-bond acceptors (Lipinski definition) is 5. The Morgan fingerprint density at radius 3 is 2.94 bits per heavy atom. The Labute approximate surface area is 91.8 Å². The molecule has 86 valence electrons. The van der Waals surface area contributed by atoms with E-state index in [0.29, 0.717) is 18.8 Å². The lowest BCUT2D eigenvalue weighted by Gasteiger charge is -2.05.